The zero-order valence-electron chi connectivity index (χ0n) is 13.6. The number of carbonyl (C=O) groups excluding carboxylic acids is 2. The predicted octanol–water partition coefficient (Wildman–Crippen LogP) is 2.57. The van der Waals surface area contributed by atoms with Crippen molar-refractivity contribution in [3.05, 3.63) is 47.7 Å². The number of ether oxygens (including phenoxy) is 1. The van der Waals surface area contributed by atoms with Gasteiger partial charge in [0, 0.05) is 17.7 Å². The SMILES string of the molecule is COC(=O)c1cccc(-c2cc(NC3CC3)n3ncc(C=O)c3n2)c1. The van der Waals surface area contributed by atoms with Gasteiger partial charge in [-0.25, -0.2) is 9.78 Å². The van der Waals surface area contributed by atoms with Crippen molar-refractivity contribution >= 4 is 23.7 Å². The number of methoxy groups -OCH3 is 1. The lowest BCUT2D eigenvalue weighted by Crippen LogP contribution is -2.08. The summed E-state index contributed by atoms with van der Waals surface area (Å²) >= 11 is 0. The average molecular weight is 336 g/mol. The standard InChI is InChI=1S/C18H16N4O3/c1-25-18(24)12-4-2-3-11(7-12)15-8-16(20-14-5-6-14)22-17(21-15)13(10-23)9-19-22/h2-4,7-10,14,20H,5-6H2,1H3. The van der Waals surface area contributed by atoms with E-state index in [0.29, 0.717) is 28.5 Å². The van der Waals surface area contributed by atoms with Crippen molar-refractivity contribution in [2.45, 2.75) is 18.9 Å². The number of nitrogens with one attached hydrogen (secondary N) is 1. The zero-order valence-corrected chi connectivity index (χ0v) is 13.6. The van der Waals surface area contributed by atoms with Crippen LogP contribution in [0.15, 0.2) is 36.5 Å². The van der Waals surface area contributed by atoms with Crippen LogP contribution < -0.4 is 5.32 Å². The van der Waals surface area contributed by atoms with Crippen molar-refractivity contribution < 1.29 is 14.3 Å². The summed E-state index contributed by atoms with van der Waals surface area (Å²) in [6.45, 7) is 0. The second-order valence-electron chi connectivity index (χ2n) is 5.97. The largest absolute Gasteiger partial charge is 0.465 e. The van der Waals surface area contributed by atoms with Gasteiger partial charge in [0.2, 0.25) is 0 Å². The van der Waals surface area contributed by atoms with Gasteiger partial charge in [0.25, 0.3) is 0 Å². The van der Waals surface area contributed by atoms with Crippen LogP contribution in [0.5, 0.6) is 0 Å². The van der Waals surface area contributed by atoms with Crippen LogP contribution in [0.2, 0.25) is 0 Å². The minimum absolute atomic E-state index is 0.405. The van der Waals surface area contributed by atoms with E-state index in [1.165, 1.54) is 13.3 Å². The Kier molecular flexibility index (Phi) is 3.68. The van der Waals surface area contributed by atoms with Crippen LogP contribution in [-0.2, 0) is 4.74 Å². The Morgan fingerprint density at radius 1 is 1.36 bits per heavy atom. The predicted molar refractivity (Wildman–Crippen MR) is 91.8 cm³/mol. The van der Waals surface area contributed by atoms with E-state index in [9.17, 15) is 9.59 Å². The molecule has 7 nitrogen and oxygen atoms in total. The molecule has 0 bridgehead atoms. The molecule has 0 aliphatic heterocycles. The van der Waals surface area contributed by atoms with E-state index in [1.54, 1.807) is 22.7 Å². The van der Waals surface area contributed by atoms with Crippen molar-refractivity contribution in [2.75, 3.05) is 12.4 Å². The Labute approximate surface area is 143 Å². The number of carbonyl (C=O) groups is 2. The van der Waals surface area contributed by atoms with E-state index in [1.807, 2.05) is 12.1 Å². The molecular formula is C18H16N4O3. The summed E-state index contributed by atoms with van der Waals surface area (Å²) in [6, 6.07) is 9.35. The Morgan fingerprint density at radius 2 is 2.20 bits per heavy atom. The normalized spacial score (nSPS) is 13.6. The van der Waals surface area contributed by atoms with Gasteiger partial charge in [0.15, 0.2) is 11.9 Å². The maximum atomic E-state index is 11.8. The van der Waals surface area contributed by atoms with E-state index < -0.39 is 5.97 Å². The fourth-order valence-electron chi connectivity index (χ4n) is 2.67. The Morgan fingerprint density at radius 3 is 2.92 bits per heavy atom. The molecule has 7 heteroatoms. The van der Waals surface area contributed by atoms with Gasteiger partial charge in [-0.1, -0.05) is 12.1 Å². The monoisotopic (exact) mass is 336 g/mol. The van der Waals surface area contributed by atoms with E-state index in [2.05, 4.69) is 15.4 Å². The Hall–Kier alpha value is -3.22. The van der Waals surface area contributed by atoms with E-state index in [0.717, 1.165) is 30.5 Å². The van der Waals surface area contributed by atoms with Crippen molar-refractivity contribution in [1.29, 1.82) is 0 Å². The van der Waals surface area contributed by atoms with Gasteiger partial charge in [0.05, 0.1) is 30.1 Å². The molecule has 4 rings (SSSR count). The molecule has 0 spiro atoms. The number of fused-ring (bicyclic) bond motifs is 1. The molecule has 25 heavy (non-hydrogen) atoms. The lowest BCUT2D eigenvalue weighted by molar-refractivity contribution is 0.0600. The van der Waals surface area contributed by atoms with Gasteiger partial charge < -0.3 is 10.1 Å². The summed E-state index contributed by atoms with van der Waals surface area (Å²) in [7, 11) is 1.35. The first-order chi connectivity index (χ1) is 12.2. The highest BCUT2D eigenvalue weighted by atomic mass is 16.5. The van der Waals surface area contributed by atoms with Crippen LogP contribution in [0.4, 0.5) is 5.82 Å². The quantitative estimate of drug-likeness (QED) is 0.569. The van der Waals surface area contributed by atoms with Gasteiger partial charge in [-0.05, 0) is 25.0 Å². The molecule has 3 aromatic rings. The molecule has 1 aliphatic carbocycles. The third-order valence-corrected chi connectivity index (χ3v) is 4.13. The Balaban J connectivity index is 1.86. The lowest BCUT2D eigenvalue weighted by atomic mass is 10.1. The fourth-order valence-corrected chi connectivity index (χ4v) is 2.67. The molecule has 2 aromatic heterocycles. The van der Waals surface area contributed by atoms with Crippen LogP contribution in [-0.4, -0.2) is 40.0 Å². The zero-order chi connectivity index (χ0) is 17.4. The molecule has 2 heterocycles. The summed E-state index contributed by atoms with van der Waals surface area (Å²) in [6.07, 6.45) is 4.46. The van der Waals surface area contributed by atoms with Crippen molar-refractivity contribution in [3.63, 3.8) is 0 Å². The topological polar surface area (TPSA) is 85.6 Å². The number of aromatic nitrogens is 3. The molecule has 1 fully saturated rings. The van der Waals surface area contributed by atoms with E-state index >= 15 is 0 Å². The number of nitrogens with zero attached hydrogens (tertiary/aromatic N) is 3. The van der Waals surface area contributed by atoms with Gasteiger partial charge in [-0.3, -0.25) is 4.79 Å². The first-order valence-corrected chi connectivity index (χ1v) is 7.99. The third-order valence-electron chi connectivity index (χ3n) is 4.13. The Bertz CT molecular complexity index is 976. The summed E-state index contributed by atoms with van der Waals surface area (Å²) in [5, 5.41) is 7.66. The van der Waals surface area contributed by atoms with Crippen molar-refractivity contribution in [3.8, 4) is 11.3 Å². The number of aldehydes is 1. The number of hydrogen-bond acceptors (Lipinski definition) is 6. The number of rotatable bonds is 5. The highest BCUT2D eigenvalue weighted by molar-refractivity contribution is 5.91. The average Bonchev–Trinajstić information content (AvgIpc) is 3.37. The highest BCUT2D eigenvalue weighted by Gasteiger charge is 2.23. The number of benzene rings is 1. The van der Waals surface area contributed by atoms with Crippen LogP contribution >= 0.6 is 0 Å². The van der Waals surface area contributed by atoms with Crippen LogP contribution in [0, 0.1) is 0 Å². The van der Waals surface area contributed by atoms with Gasteiger partial charge in [-0.2, -0.15) is 9.61 Å². The van der Waals surface area contributed by atoms with Gasteiger partial charge >= 0.3 is 5.97 Å². The highest BCUT2D eigenvalue weighted by Crippen LogP contribution is 2.28. The number of esters is 1. The van der Waals surface area contributed by atoms with Crippen LogP contribution in [0.25, 0.3) is 16.9 Å². The first kappa shape index (κ1) is 15.3. The minimum Gasteiger partial charge on any atom is -0.465 e. The first-order valence-electron chi connectivity index (χ1n) is 7.99. The molecule has 1 saturated carbocycles. The maximum Gasteiger partial charge on any atom is 0.337 e. The minimum atomic E-state index is -0.405. The van der Waals surface area contributed by atoms with Crippen molar-refractivity contribution in [2.24, 2.45) is 0 Å². The van der Waals surface area contributed by atoms with Crippen LogP contribution in [0.3, 0.4) is 0 Å². The van der Waals surface area contributed by atoms with Gasteiger partial charge in [0.1, 0.15) is 5.82 Å². The molecule has 126 valence electrons. The molecule has 0 radical (unpaired) electrons. The van der Waals surface area contributed by atoms with Gasteiger partial charge in [-0.15, -0.1) is 0 Å². The molecule has 0 unspecified atom stereocenters. The molecule has 0 atom stereocenters. The third kappa shape index (κ3) is 2.84. The number of anilines is 1. The van der Waals surface area contributed by atoms with Crippen LogP contribution in [0.1, 0.15) is 33.6 Å². The summed E-state index contributed by atoms with van der Waals surface area (Å²) in [5.74, 6) is 0.372. The molecule has 0 amide bonds. The summed E-state index contributed by atoms with van der Waals surface area (Å²) < 4.78 is 6.41. The van der Waals surface area contributed by atoms with E-state index in [-0.39, 0.29) is 0 Å². The second-order valence-corrected chi connectivity index (χ2v) is 5.97. The molecule has 0 saturated heterocycles. The van der Waals surface area contributed by atoms with E-state index in [4.69, 9.17) is 4.74 Å². The molecule has 1 aromatic carbocycles. The maximum absolute atomic E-state index is 11.8. The number of hydrogen-bond donors (Lipinski definition) is 1. The smallest absolute Gasteiger partial charge is 0.337 e. The molecule has 1 aliphatic rings. The van der Waals surface area contributed by atoms with Crippen molar-refractivity contribution in [1.82, 2.24) is 14.6 Å². The lowest BCUT2D eigenvalue weighted by Gasteiger charge is -2.10. The summed E-state index contributed by atoms with van der Waals surface area (Å²) in [4.78, 5) is 27.6. The second kappa shape index (κ2) is 6.01. The fraction of sp³-hybridized carbons (Fsp3) is 0.222. The molecular weight excluding hydrogens is 320 g/mol. The summed E-state index contributed by atoms with van der Waals surface area (Å²) in [5.41, 5.74) is 2.78. The molecule has 1 N–H and O–H groups in total.